The van der Waals surface area contributed by atoms with Crippen LogP contribution in [0.25, 0.3) is 0 Å². The standard InChI is InChI=1S/C27H28N4O5/c1-27(2,3)26(34)29-19-10-8-9-18(16-19)28-25(33)21-12-7-6-11-20(21)24(32)17-13-14-22(30(4)5)23(15-17)31(35)36/h6-16H,1-5H3,(H,28,33)(H,29,34). The summed E-state index contributed by atoms with van der Waals surface area (Å²) in [5.74, 6) is -1.21. The minimum Gasteiger partial charge on any atom is -0.372 e. The number of carbonyl (C=O) groups is 3. The molecule has 0 unspecified atom stereocenters. The molecule has 0 heterocycles. The van der Waals surface area contributed by atoms with Gasteiger partial charge in [0.15, 0.2) is 5.78 Å². The van der Waals surface area contributed by atoms with Crippen LogP contribution in [0.1, 0.15) is 47.1 Å². The third kappa shape index (κ3) is 5.93. The van der Waals surface area contributed by atoms with Crippen LogP contribution in [-0.2, 0) is 4.79 Å². The first kappa shape index (κ1) is 26.1. The maximum absolute atomic E-state index is 13.3. The summed E-state index contributed by atoms with van der Waals surface area (Å²) in [6, 6.07) is 17.2. The lowest BCUT2D eigenvalue weighted by Gasteiger charge is -2.18. The molecule has 0 atom stereocenters. The van der Waals surface area contributed by atoms with Crippen molar-refractivity contribution in [1.82, 2.24) is 0 Å². The molecule has 0 radical (unpaired) electrons. The molecule has 36 heavy (non-hydrogen) atoms. The van der Waals surface area contributed by atoms with Crippen molar-refractivity contribution < 1.29 is 19.3 Å². The zero-order valence-corrected chi connectivity index (χ0v) is 20.8. The van der Waals surface area contributed by atoms with Gasteiger partial charge in [0.05, 0.1) is 10.5 Å². The van der Waals surface area contributed by atoms with Gasteiger partial charge in [-0.05, 0) is 36.4 Å². The van der Waals surface area contributed by atoms with E-state index in [0.717, 1.165) is 0 Å². The number of rotatable bonds is 7. The summed E-state index contributed by atoms with van der Waals surface area (Å²) in [7, 11) is 3.35. The lowest BCUT2D eigenvalue weighted by Crippen LogP contribution is -2.27. The Hall–Kier alpha value is -4.53. The molecule has 0 saturated carbocycles. The van der Waals surface area contributed by atoms with E-state index in [-0.39, 0.29) is 28.3 Å². The number of hydrogen-bond donors (Lipinski definition) is 2. The van der Waals surface area contributed by atoms with Crippen molar-refractivity contribution in [3.05, 3.63) is 93.5 Å². The Morgan fingerprint density at radius 1 is 0.833 bits per heavy atom. The van der Waals surface area contributed by atoms with Gasteiger partial charge in [0.2, 0.25) is 5.91 Å². The van der Waals surface area contributed by atoms with Crippen LogP contribution in [0.15, 0.2) is 66.7 Å². The fourth-order valence-electron chi connectivity index (χ4n) is 3.42. The molecule has 0 aromatic heterocycles. The number of ketones is 1. The smallest absolute Gasteiger partial charge is 0.293 e. The molecule has 9 heteroatoms. The second-order valence-corrected chi connectivity index (χ2v) is 9.47. The fourth-order valence-corrected chi connectivity index (χ4v) is 3.42. The molecular formula is C27H28N4O5. The van der Waals surface area contributed by atoms with Crippen LogP contribution < -0.4 is 15.5 Å². The van der Waals surface area contributed by atoms with Crippen molar-refractivity contribution in [2.24, 2.45) is 5.41 Å². The van der Waals surface area contributed by atoms with Gasteiger partial charge < -0.3 is 15.5 Å². The summed E-state index contributed by atoms with van der Waals surface area (Å²) in [5.41, 5.74) is 0.844. The van der Waals surface area contributed by atoms with Crippen LogP contribution in [0.2, 0.25) is 0 Å². The molecule has 0 bridgehead atoms. The zero-order valence-electron chi connectivity index (χ0n) is 20.8. The average Bonchev–Trinajstić information content (AvgIpc) is 2.82. The van der Waals surface area contributed by atoms with Crippen molar-refractivity contribution in [3.63, 3.8) is 0 Å². The van der Waals surface area contributed by atoms with E-state index in [1.165, 1.54) is 30.3 Å². The van der Waals surface area contributed by atoms with E-state index >= 15 is 0 Å². The minimum absolute atomic E-state index is 0.0967. The second kappa shape index (κ2) is 10.4. The Morgan fingerprint density at radius 3 is 2.03 bits per heavy atom. The van der Waals surface area contributed by atoms with E-state index in [1.54, 1.807) is 76.2 Å². The Bertz CT molecular complexity index is 1340. The molecule has 3 aromatic carbocycles. The zero-order chi connectivity index (χ0) is 26.6. The number of nitrogens with zero attached hydrogens (tertiary/aromatic N) is 2. The van der Waals surface area contributed by atoms with Crippen LogP contribution in [0.4, 0.5) is 22.7 Å². The molecule has 0 saturated heterocycles. The van der Waals surface area contributed by atoms with Crippen molar-refractivity contribution in [3.8, 4) is 0 Å². The summed E-state index contributed by atoms with van der Waals surface area (Å²) in [5, 5.41) is 17.1. The van der Waals surface area contributed by atoms with Gasteiger partial charge in [-0.2, -0.15) is 0 Å². The minimum atomic E-state index is -0.585. The molecule has 0 aliphatic rings. The third-order valence-electron chi connectivity index (χ3n) is 5.39. The molecule has 0 spiro atoms. The fraction of sp³-hybridized carbons (Fsp3) is 0.222. The van der Waals surface area contributed by atoms with Gasteiger partial charge in [0.1, 0.15) is 5.69 Å². The monoisotopic (exact) mass is 488 g/mol. The Labute approximate surface area is 209 Å². The molecule has 3 aromatic rings. The van der Waals surface area contributed by atoms with Crippen molar-refractivity contribution >= 4 is 40.3 Å². The lowest BCUT2D eigenvalue weighted by molar-refractivity contribution is -0.384. The highest BCUT2D eigenvalue weighted by molar-refractivity contribution is 6.18. The highest BCUT2D eigenvalue weighted by atomic mass is 16.6. The summed E-state index contributed by atoms with van der Waals surface area (Å²) in [4.78, 5) is 51.3. The summed E-state index contributed by atoms with van der Waals surface area (Å²) in [6.07, 6.45) is 0. The van der Waals surface area contributed by atoms with Crippen LogP contribution in [0, 0.1) is 15.5 Å². The van der Waals surface area contributed by atoms with E-state index in [4.69, 9.17) is 0 Å². The van der Waals surface area contributed by atoms with E-state index in [2.05, 4.69) is 10.6 Å². The van der Waals surface area contributed by atoms with Crippen molar-refractivity contribution in [1.29, 1.82) is 0 Å². The molecule has 0 fully saturated rings. The predicted molar refractivity (Wildman–Crippen MR) is 140 cm³/mol. The number of anilines is 3. The molecule has 2 N–H and O–H groups in total. The number of nitro benzene ring substituents is 1. The summed E-state index contributed by atoms with van der Waals surface area (Å²) in [6.45, 7) is 5.39. The number of nitrogens with one attached hydrogen (secondary N) is 2. The van der Waals surface area contributed by atoms with Crippen LogP contribution in [0.5, 0.6) is 0 Å². The highest BCUT2D eigenvalue weighted by Gasteiger charge is 2.23. The molecule has 0 aliphatic carbocycles. The van der Waals surface area contributed by atoms with Gasteiger partial charge in [0, 0.05) is 48.1 Å². The number of amides is 2. The van der Waals surface area contributed by atoms with Gasteiger partial charge in [0.25, 0.3) is 11.6 Å². The van der Waals surface area contributed by atoms with Gasteiger partial charge in [-0.1, -0.05) is 45.0 Å². The maximum atomic E-state index is 13.3. The highest BCUT2D eigenvalue weighted by Crippen LogP contribution is 2.29. The number of nitro groups is 1. The van der Waals surface area contributed by atoms with Gasteiger partial charge in [-0.25, -0.2) is 0 Å². The van der Waals surface area contributed by atoms with Crippen LogP contribution in [0.3, 0.4) is 0 Å². The molecule has 3 rings (SSSR count). The predicted octanol–water partition coefficient (Wildman–Crippen LogP) is 5.13. The van der Waals surface area contributed by atoms with Crippen LogP contribution in [-0.4, -0.2) is 36.6 Å². The largest absolute Gasteiger partial charge is 0.372 e. The first-order valence-corrected chi connectivity index (χ1v) is 11.2. The maximum Gasteiger partial charge on any atom is 0.293 e. The molecular weight excluding hydrogens is 460 g/mol. The SMILES string of the molecule is CN(C)c1ccc(C(=O)c2ccccc2C(=O)Nc2cccc(NC(=O)C(C)(C)C)c2)cc1[N+](=O)[O-]. The first-order valence-electron chi connectivity index (χ1n) is 11.2. The summed E-state index contributed by atoms with van der Waals surface area (Å²) < 4.78 is 0. The molecule has 9 nitrogen and oxygen atoms in total. The van der Waals surface area contributed by atoms with E-state index in [0.29, 0.717) is 17.1 Å². The topological polar surface area (TPSA) is 122 Å². The Morgan fingerprint density at radius 2 is 1.44 bits per heavy atom. The Balaban J connectivity index is 1.89. The normalized spacial score (nSPS) is 10.9. The Kier molecular flexibility index (Phi) is 7.53. The van der Waals surface area contributed by atoms with E-state index in [9.17, 15) is 24.5 Å². The summed E-state index contributed by atoms with van der Waals surface area (Å²) >= 11 is 0. The van der Waals surface area contributed by atoms with Crippen LogP contribution >= 0.6 is 0 Å². The quantitative estimate of drug-likeness (QED) is 0.270. The van der Waals surface area contributed by atoms with Crippen molar-refractivity contribution in [2.75, 3.05) is 29.6 Å². The molecule has 0 aliphatic heterocycles. The number of benzene rings is 3. The van der Waals surface area contributed by atoms with Gasteiger partial charge in [-0.3, -0.25) is 24.5 Å². The van der Waals surface area contributed by atoms with Gasteiger partial charge in [-0.15, -0.1) is 0 Å². The lowest BCUT2D eigenvalue weighted by atomic mass is 9.95. The van der Waals surface area contributed by atoms with Gasteiger partial charge >= 0.3 is 0 Å². The van der Waals surface area contributed by atoms with Crippen molar-refractivity contribution in [2.45, 2.75) is 20.8 Å². The molecule has 186 valence electrons. The second-order valence-electron chi connectivity index (χ2n) is 9.47. The average molecular weight is 489 g/mol. The van der Waals surface area contributed by atoms with E-state index < -0.39 is 22.0 Å². The molecule has 2 amide bonds. The van der Waals surface area contributed by atoms with E-state index in [1.807, 2.05) is 0 Å². The first-order chi connectivity index (χ1) is 16.9. The number of hydrogen-bond acceptors (Lipinski definition) is 6. The number of carbonyl (C=O) groups excluding carboxylic acids is 3. The third-order valence-corrected chi connectivity index (χ3v) is 5.39.